The molecule has 2 aliphatic heterocycles. The number of aliphatic hydroxyl groups is 1. The number of hydrogen-bond acceptors (Lipinski definition) is 16. The molecule has 18 nitrogen and oxygen atoms in total. The van der Waals surface area contributed by atoms with Crippen molar-refractivity contribution >= 4 is 81.8 Å². The molecule has 0 amide bonds. The Kier molecular flexibility index (Phi) is 7.57. The number of rotatable bonds is 2. The van der Waals surface area contributed by atoms with Gasteiger partial charge in [0.2, 0.25) is 5.69 Å². The third kappa shape index (κ3) is 5.15. The number of aromatic nitrogens is 8. The van der Waals surface area contributed by atoms with Gasteiger partial charge in [-0.3, -0.25) is 28.2 Å². The molecule has 44 heavy (non-hydrogen) atoms. The minimum Gasteiger partial charge on any atom is -0.388 e. The molecule has 6 heterocycles. The van der Waals surface area contributed by atoms with Gasteiger partial charge in [0.25, 0.3) is 5.56 Å². The van der Waals surface area contributed by atoms with Crippen molar-refractivity contribution in [2.24, 2.45) is 0 Å². The fraction of sp³-hybridized carbons (Fsp3) is 0.500. The van der Waals surface area contributed by atoms with Gasteiger partial charge in [-0.05, 0) is 11.8 Å². The second kappa shape index (κ2) is 10.9. The summed E-state index contributed by atoms with van der Waals surface area (Å²) in [5.41, 5.74) is 7.82. The van der Waals surface area contributed by atoms with Gasteiger partial charge in [0.15, 0.2) is 29.5 Å². The van der Waals surface area contributed by atoms with E-state index in [0.717, 1.165) is 17.7 Å². The first-order chi connectivity index (χ1) is 20.8. The number of hydrogen-bond donors (Lipinski definition) is 6. The van der Waals surface area contributed by atoms with Gasteiger partial charge in [0, 0.05) is 12.2 Å². The maximum Gasteiger partial charge on any atom is 0.386 e. The summed E-state index contributed by atoms with van der Waals surface area (Å²) < 4.78 is 55.5. The fourth-order valence-corrected chi connectivity index (χ4v) is 11.0. The number of aromatic amines is 1. The van der Waals surface area contributed by atoms with Crippen molar-refractivity contribution in [3.8, 4) is 0 Å². The zero-order valence-electron chi connectivity index (χ0n) is 21.9. The Morgan fingerprint density at radius 3 is 2.59 bits per heavy atom. The molecule has 236 valence electrons. The summed E-state index contributed by atoms with van der Waals surface area (Å²) in [7, 11) is 0. The maximum absolute atomic E-state index is 16.1. The molecule has 2 bridgehead atoms. The van der Waals surface area contributed by atoms with Crippen LogP contribution in [-0.4, -0.2) is 91.7 Å². The van der Waals surface area contributed by atoms with Crippen LogP contribution >= 0.6 is 36.1 Å². The largest absolute Gasteiger partial charge is 0.388 e. The second-order valence-electron chi connectivity index (χ2n) is 10.2. The van der Waals surface area contributed by atoms with E-state index in [4.69, 9.17) is 41.6 Å². The van der Waals surface area contributed by atoms with E-state index in [1.165, 1.54) is 21.9 Å². The summed E-state index contributed by atoms with van der Waals surface area (Å²) in [4.78, 5) is 44.0. The molecule has 4 aromatic heterocycles. The van der Waals surface area contributed by atoms with E-state index in [9.17, 15) is 19.4 Å². The van der Waals surface area contributed by atoms with E-state index < -0.39 is 67.0 Å². The van der Waals surface area contributed by atoms with Crippen LogP contribution in [0.5, 0.6) is 0 Å². The van der Waals surface area contributed by atoms with Crippen LogP contribution in [0.3, 0.4) is 0 Å². The molecule has 4 aromatic rings. The van der Waals surface area contributed by atoms with Crippen LogP contribution in [-0.2, 0) is 34.7 Å². The molecule has 0 aromatic carbocycles. The lowest BCUT2D eigenvalue weighted by Crippen LogP contribution is -2.36. The molecule has 0 radical (unpaired) electrons. The standard InChI is InChI=1S/C20H23FN10O8P2S3/c21-10-14-8(36-20(10)30-5-28-11-16(23)25-4-27-18(11)30)2-44-41(35,43)39-13-6(1-7(12(13)32)37-40(34,42)38-14)31-17-9(19(33)29-31)15(22)24-3-26-17/h3-8,10,12-14,20,32H,1-2H2,(H,29,33)(H,34,42)(H,35,43)(H2,22,24,26)(H2,23,25,27)/t6-,7+,8-,10-,12-,13+,14-,20-,40?,41?/m1/s1. The van der Waals surface area contributed by atoms with Crippen molar-refractivity contribution < 1.29 is 37.3 Å². The summed E-state index contributed by atoms with van der Waals surface area (Å²) in [6.45, 7) is -4.42. The van der Waals surface area contributed by atoms with E-state index in [1.54, 1.807) is 0 Å². The summed E-state index contributed by atoms with van der Waals surface area (Å²) >= 11 is 10.2. The first-order valence-electron chi connectivity index (χ1n) is 12.8. The predicted molar refractivity (Wildman–Crippen MR) is 161 cm³/mol. The minimum atomic E-state index is -4.42. The molecule has 2 saturated heterocycles. The van der Waals surface area contributed by atoms with E-state index in [0.29, 0.717) is 0 Å². The molecule has 7 N–H and O–H groups in total. The second-order valence-corrected chi connectivity index (χ2v) is 19.2. The molecule has 10 atom stereocenters. The first-order valence-corrected chi connectivity index (χ1v) is 19.8. The van der Waals surface area contributed by atoms with Gasteiger partial charge < -0.3 is 30.7 Å². The Bertz CT molecular complexity index is 1930. The molecule has 0 spiro atoms. The molecular weight excluding hydrogens is 685 g/mol. The molecule has 7 rings (SSSR count). The number of nitrogens with one attached hydrogen (secondary N) is 1. The molecule has 3 aliphatic rings. The summed E-state index contributed by atoms with van der Waals surface area (Å²) in [6.07, 6.45) is -6.66. The van der Waals surface area contributed by atoms with Gasteiger partial charge >= 0.3 is 6.80 Å². The van der Waals surface area contributed by atoms with Crippen LogP contribution in [0.2, 0.25) is 0 Å². The van der Waals surface area contributed by atoms with Crippen molar-refractivity contribution in [3.05, 3.63) is 29.3 Å². The Labute approximate surface area is 259 Å². The third-order valence-electron chi connectivity index (χ3n) is 7.54. The number of alkyl halides is 1. The van der Waals surface area contributed by atoms with Crippen molar-refractivity contribution in [2.45, 2.75) is 55.4 Å². The van der Waals surface area contributed by atoms with Crippen LogP contribution in [0.1, 0.15) is 18.7 Å². The topological polar surface area (TPSA) is 254 Å². The van der Waals surface area contributed by atoms with Gasteiger partial charge in [-0.15, -0.1) is 0 Å². The predicted octanol–water partition coefficient (Wildman–Crippen LogP) is 0.822. The number of nitrogens with zero attached hydrogens (tertiary/aromatic N) is 7. The van der Waals surface area contributed by atoms with E-state index >= 15 is 4.39 Å². The number of nitrogen functional groups attached to an aromatic ring is 2. The highest BCUT2D eigenvalue weighted by molar-refractivity contribution is 8.67. The number of ether oxygens (including phenoxy) is 1. The molecule has 1 aliphatic carbocycles. The quantitative estimate of drug-likeness (QED) is 0.124. The Hall–Kier alpha value is -2.23. The highest BCUT2D eigenvalue weighted by atomic mass is 32.9. The SMILES string of the molecule is Nc1ncnc2c1ncn2[C@@H]1O[C@@H]2CSP(O)(=S)O[C@@H]3[C@H](O)[C@H](C[C@H]3n3[nH]c(=O)c4c(N)ncnc43)OP(=O)(S)O[C@H]2[C@H]1F. The Morgan fingerprint density at radius 1 is 1.09 bits per heavy atom. The number of halogens is 1. The molecular formula is C20H23FN10O8P2S3. The molecule has 3 fully saturated rings. The first kappa shape index (κ1) is 30.4. The fourth-order valence-electron chi connectivity index (χ4n) is 5.63. The monoisotopic (exact) mass is 708 g/mol. The lowest BCUT2D eigenvalue weighted by atomic mass is 10.2. The highest BCUT2D eigenvalue weighted by Crippen LogP contribution is 2.64. The van der Waals surface area contributed by atoms with Gasteiger partial charge in [0.05, 0.1) is 24.6 Å². The van der Waals surface area contributed by atoms with E-state index in [2.05, 4.69) is 42.3 Å². The zero-order valence-corrected chi connectivity index (χ0v) is 26.2. The van der Waals surface area contributed by atoms with Crippen molar-refractivity contribution in [3.63, 3.8) is 0 Å². The van der Waals surface area contributed by atoms with Crippen LogP contribution in [0.4, 0.5) is 16.0 Å². The average Bonchev–Trinajstić information content (AvgIpc) is 3.68. The Balaban J connectivity index is 1.22. The lowest BCUT2D eigenvalue weighted by molar-refractivity contribution is -0.0181. The molecule has 24 heteroatoms. The number of aliphatic hydroxyl groups excluding tert-OH is 1. The number of H-pyrrole nitrogens is 1. The van der Waals surface area contributed by atoms with Crippen molar-refractivity contribution in [2.75, 3.05) is 17.2 Å². The highest BCUT2D eigenvalue weighted by Gasteiger charge is 2.54. The van der Waals surface area contributed by atoms with Crippen molar-refractivity contribution in [1.29, 1.82) is 0 Å². The average molecular weight is 709 g/mol. The maximum atomic E-state index is 16.1. The number of anilines is 2. The lowest BCUT2D eigenvalue weighted by Gasteiger charge is -2.30. The summed E-state index contributed by atoms with van der Waals surface area (Å²) in [6, 6.07) is -0.948. The zero-order chi connectivity index (χ0) is 31.1. The number of fused-ring (bicyclic) bond motifs is 5. The van der Waals surface area contributed by atoms with Crippen LogP contribution < -0.4 is 17.0 Å². The van der Waals surface area contributed by atoms with Gasteiger partial charge in [-0.25, -0.2) is 33.9 Å². The van der Waals surface area contributed by atoms with Crippen LogP contribution in [0.15, 0.2) is 23.8 Å². The molecule has 2 unspecified atom stereocenters. The number of nitrogens with two attached hydrogens (primary N) is 2. The smallest absolute Gasteiger partial charge is 0.386 e. The van der Waals surface area contributed by atoms with Crippen LogP contribution in [0, 0.1) is 0 Å². The Morgan fingerprint density at radius 2 is 1.82 bits per heavy atom. The normalized spacial score (nSPS) is 38.0. The minimum absolute atomic E-state index is 0.00244. The summed E-state index contributed by atoms with van der Waals surface area (Å²) in [5.74, 6) is -0.186. The van der Waals surface area contributed by atoms with Gasteiger partial charge in [-0.2, -0.15) is 0 Å². The molecule has 1 saturated carbocycles. The number of thiol groups is 1. The third-order valence-corrected chi connectivity index (χ3v) is 13.4. The van der Waals surface area contributed by atoms with Crippen molar-refractivity contribution in [1.82, 2.24) is 39.3 Å². The van der Waals surface area contributed by atoms with Gasteiger partial charge in [0.1, 0.15) is 47.7 Å². The number of imidazole rings is 1. The van der Waals surface area contributed by atoms with Gasteiger partial charge in [-0.1, -0.05) is 23.6 Å². The van der Waals surface area contributed by atoms with E-state index in [-0.39, 0.29) is 46.0 Å². The van der Waals surface area contributed by atoms with E-state index in [1.807, 2.05) is 0 Å². The van der Waals surface area contributed by atoms with Crippen LogP contribution in [0.25, 0.3) is 22.2 Å². The summed E-state index contributed by atoms with van der Waals surface area (Å²) in [5, 5.41) is 13.8.